The smallest absolute Gasteiger partial charge is 0.222 e. The molecule has 0 aromatic heterocycles. The number of carbonyl (C=O) groups excluding carboxylic acids is 1. The largest absolute Gasteiger partial charge is 0.508 e. The molecule has 0 radical (unpaired) electrons. The van der Waals surface area contributed by atoms with Crippen molar-refractivity contribution in [1.82, 2.24) is 10.2 Å². The molecule has 1 amide bonds. The van der Waals surface area contributed by atoms with Crippen LogP contribution in [0.5, 0.6) is 5.75 Å². The SMILES string of the molecule is CC(C)C(=O)NC1CCC23CCCN(CC4CC4)C(Cc4ccc(O)cc42)C3(O)C1. The first kappa shape index (κ1) is 20.3. The fraction of sp³-hybridized carbons (Fsp3) is 0.720. The number of amides is 1. The minimum absolute atomic E-state index is 0.0141. The van der Waals surface area contributed by atoms with E-state index in [1.807, 2.05) is 19.9 Å². The van der Waals surface area contributed by atoms with Gasteiger partial charge in [0, 0.05) is 30.0 Å². The van der Waals surface area contributed by atoms with Crippen molar-refractivity contribution < 1.29 is 15.0 Å². The zero-order valence-corrected chi connectivity index (χ0v) is 18.4. The molecule has 4 atom stereocenters. The van der Waals surface area contributed by atoms with E-state index in [2.05, 4.69) is 16.3 Å². The van der Waals surface area contributed by atoms with E-state index >= 15 is 0 Å². The number of hydrogen-bond acceptors (Lipinski definition) is 4. The molecular formula is C25H36N2O3. The van der Waals surface area contributed by atoms with Gasteiger partial charge in [-0.25, -0.2) is 0 Å². The Kier molecular flexibility index (Phi) is 4.90. The lowest BCUT2D eigenvalue weighted by molar-refractivity contribution is -0.140. The molecule has 4 unspecified atom stereocenters. The van der Waals surface area contributed by atoms with Gasteiger partial charge < -0.3 is 15.5 Å². The highest BCUT2D eigenvalue weighted by atomic mass is 16.3. The molecule has 1 aromatic rings. The van der Waals surface area contributed by atoms with Gasteiger partial charge in [0.1, 0.15) is 5.75 Å². The van der Waals surface area contributed by atoms with Crippen LogP contribution in [0, 0.1) is 11.8 Å². The molecule has 2 saturated carbocycles. The second-order valence-corrected chi connectivity index (χ2v) is 10.7. The van der Waals surface area contributed by atoms with Crippen LogP contribution < -0.4 is 5.32 Å². The van der Waals surface area contributed by atoms with Crippen LogP contribution in [-0.2, 0) is 16.6 Å². The maximum Gasteiger partial charge on any atom is 0.222 e. The van der Waals surface area contributed by atoms with Gasteiger partial charge in [-0.1, -0.05) is 19.9 Å². The molecule has 1 heterocycles. The molecule has 4 aliphatic rings. The van der Waals surface area contributed by atoms with Crippen molar-refractivity contribution in [1.29, 1.82) is 0 Å². The van der Waals surface area contributed by atoms with Gasteiger partial charge in [0.2, 0.25) is 5.91 Å². The van der Waals surface area contributed by atoms with Gasteiger partial charge in [-0.2, -0.15) is 0 Å². The number of phenols is 1. The monoisotopic (exact) mass is 412 g/mol. The second-order valence-electron chi connectivity index (χ2n) is 10.7. The van der Waals surface area contributed by atoms with Crippen molar-refractivity contribution in [2.45, 2.75) is 88.3 Å². The van der Waals surface area contributed by atoms with Crippen LogP contribution in [0.2, 0.25) is 0 Å². The van der Waals surface area contributed by atoms with Gasteiger partial charge in [0.05, 0.1) is 5.60 Å². The van der Waals surface area contributed by atoms with Crippen molar-refractivity contribution >= 4 is 5.91 Å². The molecule has 30 heavy (non-hydrogen) atoms. The molecular weight excluding hydrogens is 376 g/mol. The summed E-state index contributed by atoms with van der Waals surface area (Å²) in [4.78, 5) is 15.0. The number of nitrogens with one attached hydrogen (secondary N) is 1. The van der Waals surface area contributed by atoms with Crippen molar-refractivity contribution in [3.05, 3.63) is 29.3 Å². The summed E-state index contributed by atoms with van der Waals surface area (Å²) in [7, 11) is 0. The topological polar surface area (TPSA) is 72.8 Å². The Morgan fingerprint density at radius 3 is 2.80 bits per heavy atom. The van der Waals surface area contributed by atoms with E-state index in [9.17, 15) is 15.0 Å². The third-order valence-electron chi connectivity index (χ3n) is 8.43. The van der Waals surface area contributed by atoms with E-state index in [4.69, 9.17) is 0 Å². The van der Waals surface area contributed by atoms with Crippen LogP contribution in [0.4, 0.5) is 0 Å². The normalized spacial score (nSPS) is 36.0. The van der Waals surface area contributed by atoms with Crippen molar-refractivity contribution in [3.8, 4) is 5.75 Å². The van der Waals surface area contributed by atoms with E-state index in [-0.39, 0.29) is 29.3 Å². The average molecular weight is 413 g/mol. The maximum atomic E-state index is 12.5. The summed E-state index contributed by atoms with van der Waals surface area (Å²) in [5, 5.41) is 26.0. The number of benzene rings is 1. The fourth-order valence-corrected chi connectivity index (χ4v) is 6.69. The van der Waals surface area contributed by atoms with Crippen molar-refractivity contribution in [3.63, 3.8) is 0 Å². The van der Waals surface area contributed by atoms with E-state index in [1.54, 1.807) is 6.07 Å². The number of hydrogen-bond donors (Lipinski definition) is 3. The standard InChI is InChI=1S/C25H36N2O3/c1-16(2)23(29)26-19-8-10-24-9-3-11-27(15-17-4-5-17)22(25(24,30)14-19)12-18-6-7-20(28)13-21(18)24/h6-7,13,16-17,19,22,28,30H,3-5,8-12,14-15H2,1-2H3,(H,26,29). The minimum Gasteiger partial charge on any atom is -0.508 e. The highest BCUT2D eigenvalue weighted by molar-refractivity contribution is 5.78. The van der Waals surface area contributed by atoms with Crippen LogP contribution in [0.3, 0.4) is 0 Å². The number of aromatic hydroxyl groups is 1. The van der Waals surface area contributed by atoms with Gasteiger partial charge in [0.15, 0.2) is 0 Å². The zero-order valence-electron chi connectivity index (χ0n) is 18.4. The molecule has 164 valence electrons. The number of nitrogens with zero attached hydrogens (tertiary/aromatic N) is 1. The van der Waals surface area contributed by atoms with Crippen LogP contribution in [-0.4, -0.2) is 51.8 Å². The Labute approximate surface area is 179 Å². The van der Waals surface area contributed by atoms with Crippen LogP contribution >= 0.6 is 0 Å². The first-order valence-corrected chi connectivity index (χ1v) is 11.9. The molecule has 5 nitrogen and oxygen atoms in total. The highest BCUT2D eigenvalue weighted by Crippen LogP contribution is 2.58. The summed E-state index contributed by atoms with van der Waals surface area (Å²) in [5.41, 5.74) is 1.23. The van der Waals surface area contributed by atoms with Crippen LogP contribution in [0.25, 0.3) is 0 Å². The summed E-state index contributed by atoms with van der Waals surface area (Å²) in [6.07, 6.45) is 7.81. The number of aliphatic hydroxyl groups is 1. The third kappa shape index (κ3) is 3.16. The quantitative estimate of drug-likeness (QED) is 0.711. The summed E-state index contributed by atoms with van der Waals surface area (Å²) in [6.45, 7) is 5.96. The predicted octanol–water partition coefficient (Wildman–Crippen LogP) is 3.12. The van der Waals surface area contributed by atoms with E-state index < -0.39 is 5.60 Å². The molecule has 3 fully saturated rings. The summed E-state index contributed by atoms with van der Waals surface area (Å²) in [5.74, 6) is 1.10. The molecule has 2 bridgehead atoms. The summed E-state index contributed by atoms with van der Waals surface area (Å²) < 4.78 is 0. The predicted molar refractivity (Wildman–Crippen MR) is 116 cm³/mol. The Morgan fingerprint density at radius 1 is 1.27 bits per heavy atom. The van der Waals surface area contributed by atoms with Crippen LogP contribution in [0.1, 0.15) is 69.9 Å². The summed E-state index contributed by atoms with van der Waals surface area (Å²) in [6, 6.07) is 5.88. The number of rotatable bonds is 4. The number of fused-ring (bicyclic) bond motifs is 1. The zero-order chi connectivity index (χ0) is 21.1. The Bertz CT molecular complexity index is 836. The molecule has 5 heteroatoms. The number of likely N-dealkylation sites (tertiary alicyclic amines) is 1. The lowest BCUT2D eigenvalue weighted by Crippen LogP contribution is -2.69. The number of carbonyl (C=O) groups is 1. The maximum absolute atomic E-state index is 12.5. The third-order valence-corrected chi connectivity index (χ3v) is 8.43. The van der Waals surface area contributed by atoms with Gasteiger partial charge in [-0.05, 0) is 87.1 Å². The Hall–Kier alpha value is -1.59. The van der Waals surface area contributed by atoms with Gasteiger partial charge in [-0.3, -0.25) is 9.69 Å². The first-order chi connectivity index (χ1) is 14.3. The molecule has 3 aliphatic carbocycles. The molecule has 1 saturated heterocycles. The van der Waals surface area contributed by atoms with Crippen molar-refractivity contribution in [2.24, 2.45) is 11.8 Å². The van der Waals surface area contributed by atoms with Crippen molar-refractivity contribution in [2.75, 3.05) is 13.1 Å². The molecule has 1 aromatic carbocycles. The Morgan fingerprint density at radius 2 is 2.07 bits per heavy atom. The van der Waals surface area contributed by atoms with Gasteiger partial charge in [0.25, 0.3) is 0 Å². The molecule has 0 spiro atoms. The van der Waals surface area contributed by atoms with Crippen LogP contribution in [0.15, 0.2) is 18.2 Å². The fourth-order valence-electron chi connectivity index (χ4n) is 6.69. The highest BCUT2D eigenvalue weighted by Gasteiger charge is 2.63. The van der Waals surface area contributed by atoms with Gasteiger partial charge in [-0.15, -0.1) is 0 Å². The second kappa shape index (κ2) is 7.23. The van der Waals surface area contributed by atoms with E-state index in [1.165, 1.54) is 18.4 Å². The average Bonchev–Trinajstić information content (AvgIpc) is 3.51. The molecule has 3 N–H and O–H groups in total. The van der Waals surface area contributed by atoms with E-state index in [0.717, 1.165) is 56.7 Å². The minimum atomic E-state index is -0.883. The van der Waals surface area contributed by atoms with Gasteiger partial charge >= 0.3 is 0 Å². The molecule has 1 aliphatic heterocycles. The molecule has 5 rings (SSSR count). The summed E-state index contributed by atoms with van der Waals surface area (Å²) >= 11 is 0. The lowest BCUT2D eigenvalue weighted by atomic mass is 9.51. The first-order valence-electron chi connectivity index (χ1n) is 11.9. The number of phenolic OH excluding ortho intramolecular Hbond substituents is 1. The van der Waals surface area contributed by atoms with E-state index in [0.29, 0.717) is 12.2 Å². The Balaban J connectivity index is 1.56. The lowest BCUT2D eigenvalue weighted by Gasteiger charge is -2.60.